The molecule has 1 rings (SSSR count). The summed E-state index contributed by atoms with van der Waals surface area (Å²) >= 11 is 0. The predicted molar refractivity (Wildman–Crippen MR) is 67.3 cm³/mol. The van der Waals surface area contributed by atoms with E-state index in [9.17, 15) is 13.6 Å². The summed E-state index contributed by atoms with van der Waals surface area (Å²) in [4.78, 5) is 13.4. The number of hydrogen-bond donors (Lipinski definition) is 1. The Balaban J connectivity index is 2.80. The molecule has 0 radical (unpaired) electrons. The zero-order valence-electron chi connectivity index (χ0n) is 10.7. The van der Waals surface area contributed by atoms with Crippen LogP contribution in [0.4, 0.5) is 14.5 Å². The molecule has 3 nitrogen and oxygen atoms in total. The molecule has 0 heterocycles. The number of hydrogen-bond acceptors (Lipinski definition) is 2. The lowest BCUT2D eigenvalue weighted by Crippen LogP contribution is -2.28. The topological polar surface area (TPSA) is 46.3 Å². The SMILES string of the molecule is CCCCCN(C)C(=O)c1cc(N)c(F)cc1F. The van der Waals surface area contributed by atoms with Crippen molar-refractivity contribution < 1.29 is 13.6 Å². The molecule has 0 saturated carbocycles. The van der Waals surface area contributed by atoms with Crippen LogP contribution in [0.1, 0.15) is 36.5 Å². The fourth-order valence-corrected chi connectivity index (χ4v) is 1.64. The number of benzene rings is 1. The quantitative estimate of drug-likeness (QED) is 0.650. The molecule has 1 aromatic rings. The molecule has 0 fully saturated rings. The molecule has 0 atom stereocenters. The summed E-state index contributed by atoms with van der Waals surface area (Å²) in [7, 11) is 1.59. The van der Waals surface area contributed by atoms with E-state index >= 15 is 0 Å². The molecule has 0 unspecified atom stereocenters. The van der Waals surface area contributed by atoms with Crippen LogP contribution in [0.2, 0.25) is 0 Å². The largest absolute Gasteiger partial charge is 0.396 e. The monoisotopic (exact) mass is 256 g/mol. The number of nitrogens with zero attached hydrogens (tertiary/aromatic N) is 1. The number of nitrogen functional groups attached to an aromatic ring is 1. The lowest BCUT2D eigenvalue weighted by atomic mass is 10.1. The lowest BCUT2D eigenvalue weighted by Gasteiger charge is -2.17. The number of carbonyl (C=O) groups is 1. The Labute approximate surface area is 106 Å². The minimum atomic E-state index is -0.881. The summed E-state index contributed by atoms with van der Waals surface area (Å²) in [5.74, 6) is -2.21. The van der Waals surface area contributed by atoms with E-state index in [2.05, 4.69) is 6.92 Å². The van der Waals surface area contributed by atoms with Crippen LogP contribution in [-0.2, 0) is 0 Å². The van der Waals surface area contributed by atoms with Gasteiger partial charge in [-0.2, -0.15) is 0 Å². The minimum absolute atomic E-state index is 0.187. The highest BCUT2D eigenvalue weighted by Gasteiger charge is 2.18. The molecule has 1 aromatic carbocycles. The highest BCUT2D eigenvalue weighted by Crippen LogP contribution is 2.18. The molecule has 0 aromatic heterocycles. The summed E-state index contributed by atoms with van der Waals surface area (Å²) in [5, 5.41) is 0. The first-order valence-corrected chi connectivity index (χ1v) is 5.97. The first-order valence-electron chi connectivity index (χ1n) is 5.97. The summed E-state index contributed by atoms with van der Waals surface area (Å²) in [6.45, 7) is 2.60. The summed E-state index contributed by atoms with van der Waals surface area (Å²) in [5.41, 5.74) is 4.93. The molecule has 5 heteroatoms. The Morgan fingerprint density at radius 3 is 2.56 bits per heavy atom. The highest BCUT2D eigenvalue weighted by molar-refractivity contribution is 5.95. The van der Waals surface area contributed by atoms with Gasteiger partial charge in [-0.15, -0.1) is 0 Å². The summed E-state index contributed by atoms with van der Waals surface area (Å²) < 4.78 is 26.5. The van der Waals surface area contributed by atoms with Gasteiger partial charge in [-0.3, -0.25) is 4.79 Å². The highest BCUT2D eigenvalue weighted by atomic mass is 19.1. The maximum Gasteiger partial charge on any atom is 0.256 e. The Morgan fingerprint density at radius 2 is 1.94 bits per heavy atom. The van der Waals surface area contributed by atoms with Gasteiger partial charge in [-0.1, -0.05) is 19.8 Å². The lowest BCUT2D eigenvalue weighted by molar-refractivity contribution is 0.0788. The molecule has 0 aliphatic carbocycles. The van der Waals surface area contributed by atoms with Crippen LogP contribution in [0.5, 0.6) is 0 Å². The van der Waals surface area contributed by atoms with E-state index in [4.69, 9.17) is 5.73 Å². The molecule has 0 aliphatic rings. The number of amides is 1. The van der Waals surface area contributed by atoms with Crippen molar-refractivity contribution in [2.45, 2.75) is 26.2 Å². The molecular weight excluding hydrogens is 238 g/mol. The number of anilines is 1. The van der Waals surface area contributed by atoms with E-state index in [-0.39, 0.29) is 11.3 Å². The zero-order valence-corrected chi connectivity index (χ0v) is 10.7. The Hall–Kier alpha value is -1.65. The second-order valence-corrected chi connectivity index (χ2v) is 4.29. The molecule has 1 amide bonds. The molecular formula is C13H18F2N2O. The number of unbranched alkanes of at least 4 members (excludes halogenated alkanes) is 2. The van der Waals surface area contributed by atoms with Gasteiger partial charge in [-0.25, -0.2) is 8.78 Å². The fraction of sp³-hybridized carbons (Fsp3) is 0.462. The first-order chi connectivity index (χ1) is 8.47. The van der Waals surface area contributed by atoms with Crippen LogP contribution < -0.4 is 5.73 Å². The van der Waals surface area contributed by atoms with E-state index < -0.39 is 17.5 Å². The first kappa shape index (κ1) is 14.4. The second kappa shape index (κ2) is 6.33. The van der Waals surface area contributed by atoms with Gasteiger partial charge >= 0.3 is 0 Å². The van der Waals surface area contributed by atoms with Crippen molar-refractivity contribution in [3.05, 3.63) is 29.3 Å². The van der Waals surface area contributed by atoms with Crippen LogP contribution >= 0.6 is 0 Å². The van der Waals surface area contributed by atoms with Gasteiger partial charge in [0.05, 0.1) is 11.3 Å². The van der Waals surface area contributed by atoms with Crippen molar-refractivity contribution in [2.24, 2.45) is 0 Å². The van der Waals surface area contributed by atoms with Crippen LogP contribution in [0.25, 0.3) is 0 Å². The third-order valence-electron chi connectivity index (χ3n) is 2.76. The smallest absolute Gasteiger partial charge is 0.256 e. The van der Waals surface area contributed by atoms with Gasteiger partial charge in [-0.05, 0) is 12.5 Å². The average molecular weight is 256 g/mol. The maximum atomic E-state index is 13.5. The standard InChI is InChI=1S/C13H18F2N2O/c1-3-4-5-6-17(2)13(18)9-7-12(16)11(15)8-10(9)14/h7-8H,3-6,16H2,1-2H3. The molecule has 18 heavy (non-hydrogen) atoms. The van der Waals surface area contributed by atoms with Crippen LogP contribution in [0, 0.1) is 11.6 Å². The molecule has 2 N–H and O–H groups in total. The maximum absolute atomic E-state index is 13.5. The van der Waals surface area contributed by atoms with E-state index in [1.807, 2.05) is 0 Å². The van der Waals surface area contributed by atoms with E-state index in [0.29, 0.717) is 12.6 Å². The molecule has 0 aliphatic heterocycles. The summed E-state index contributed by atoms with van der Waals surface area (Å²) in [6.07, 6.45) is 2.91. The van der Waals surface area contributed by atoms with Gasteiger partial charge in [0, 0.05) is 19.7 Å². The normalized spacial score (nSPS) is 10.4. The van der Waals surface area contributed by atoms with Crippen molar-refractivity contribution >= 4 is 11.6 Å². The minimum Gasteiger partial charge on any atom is -0.396 e. The third kappa shape index (κ3) is 3.42. The summed E-state index contributed by atoms with van der Waals surface area (Å²) in [6, 6.07) is 1.69. The number of rotatable bonds is 5. The number of carbonyl (C=O) groups excluding carboxylic acids is 1. The van der Waals surface area contributed by atoms with E-state index in [1.54, 1.807) is 7.05 Å². The van der Waals surface area contributed by atoms with Crippen molar-refractivity contribution in [3.8, 4) is 0 Å². The van der Waals surface area contributed by atoms with Gasteiger partial charge in [0.1, 0.15) is 11.6 Å². The number of halogens is 2. The van der Waals surface area contributed by atoms with Gasteiger partial charge in [0.15, 0.2) is 0 Å². The Morgan fingerprint density at radius 1 is 1.28 bits per heavy atom. The van der Waals surface area contributed by atoms with Crippen molar-refractivity contribution in [1.82, 2.24) is 4.90 Å². The fourth-order valence-electron chi connectivity index (χ4n) is 1.64. The predicted octanol–water partition coefficient (Wildman–Crippen LogP) is 2.81. The van der Waals surface area contributed by atoms with Crippen LogP contribution in [0.3, 0.4) is 0 Å². The van der Waals surface area contributed by atoms with Crippen LogP contribution in [-0.4, -0.2) is 24.4 Å². The van der Waals surface area contributed by atoms with E-state index in [1.165, 1.54) is 4.90 Å². The molecule has 0 saturated heterocycles. The van der Waals surface area contributed by atoms with E-state index in [0.717, 1.165) is 25.3 Å². The molecule has 0 bridgehead atoms. The Bertz CT molecular complexity index is 435. The number of nitrogens with two attached hydrogens (primary N) is 1. The van der Waals surface area contributed by atoms with Crippen molar-refractivity contribution in [2.75, 3.05) is 19.3 Å². The average Bonchev–Trinajstić information content (AvgIpc) is 2.33. The van der Waals surface area contributed by atoms with Gasteiger partial charge < -0.3 is 10.6 Å². The second-order valence-electron chi connectivity index (χ2n) is 4.29. The van der Waals surface area contributed by atoms with Crippen LogP contribution in [0.15, 0.2) is 12.1 Å². The van der Waals surface area contributed by atoms with Crippen molar-refractivity contribution in [3.63, 3.8) is 0 Å². The Kier molecular flexibility index (Phi) is 5.07. The third-order valence-corrected chi connectivity index (χ3v) is 2.76. The zero-order chi connectivity index (χ0) is 13.7. The van der Waals surface area contributed by atoms with Gasteiger partial charge in [0.2, 0.25) is 0 Å². The molecule has 100 valence electrons. The van der Waals surface area contributed by atoms with Gasteiger partial charge in [0.25, 0.3) is 5.91 Å². The van der Waals surface area contributed by atoms with Crippen molar-refractivity contribution in [1.29, 1.82) is 0 Å². The molecule has 0 spiro atoms.